The Bertz CT molecular complexity index is 568. The number of pyridine rings is 1. The number of hydrogen-bond acceptors (Lipinski definition) is 3. The summed E-state index contributed by atoms with van der Waals surface area (Å²) < 4.78 is 5.58. The van der Waals surface area contributed by atoms with Crippen LogP contribution in [0.5, 0.6) is 5.75 Å². The van der Waals surface area contributed by atoms with Crippen LogP contribution in [0.25, 0.3) is 11.3 Å². The van der Waals surface area contributed by atoms with E-state index < -0.39 is 0 Å². The van der Waals surface area contributed by atoms with Crippen LogP contribution >= 0.6 is 0 Å². The average Bonchev–Trinajstić information content (AvgIpc) is 2.39. The number of rotatable bonds is 3. The fourth-order valence-corrected chi connectivity index (χ4v) is 1.63. The summed E-state index contributed by atoms with van der Waals surface area (Å²) in [5, 5.41) is 8.82. The number of nitriles is 1. The van der Waals surface area contributed by atoms with Crippen molar-refractivity contribution in [2.24, 2.45) is 0 Å². The average molecular weight is 238 g/mol. The third-order valence-corrected chi connectivity index (χ3v) is 2.39. The number of aromatic nitrogens is 1. The minimum absolute atomic E-state index is 0.163. The van der Waals surface area contributed by atoms with Crippen LogP contribution in [0.2, 0.25) is 0 Å². The zero-order chi connectivity index (χ0) is 13.0. The van der Waals surface area contributed by atoms with E-state index in [2.05, 4.69) is 4.98 Å². The van der Waals surface area contributed by atoms with Gasteiger partial charge in [-0.1, -0.05) is 6.07 Å². The molecule has 0 N–H and O–H groups in total. The molecule has 1 heterocycles. The van der Waals surface area contributed by atoms with Gasteiger partial charge in [0.2, 0.25) is 0 Å². The molecule has 2 aromatic rings. The summed E-state index contributed by atoms with van der Waals surface area (Å²) in [4.78, 5) is 4.25. The van der Waals surface area contributed by atoms with Gasteiger partial charge < -0.3 is 4.74 Å². The Morgan fingerprint density at radius 2 is 1.83 bits per heavy atom. The van der Waals surface area contributed by atoms with Crippen LogP contribution in [-0.2, 0) is 0 Å². The van der Waals surface area contributed by atoms with E-state index in [-0.39, 0.29) is 6.10 Å². The van der Waals surface area contributed by atoms with Gasteiger partial charge in [-0.05, 0) is 50.2 Å². The van der Waals surface area contributed by atoms with Crippen molar-refractivity contribution in [3.63, 3.8) is 0 Å². The van der Waals surface area contributed by atoms with E-state index in [0.29, 0.717) is 5.69 Å². The van der Waals surface area contributed by atoms with E-state index in [0.717, 1.165) is 17.0 Å². The standard InChI is InChI=1S/C15H14N2O/c1-11(2)18-14-8-6-12(7-9-14)15-5-3-4-13(10-16)17-15/h3-9,11H,1-2H3. The molecule has 0 saturated carbocycles. The molecule has 3 nitrogen and oxygen atoms in total. The first-order chi connectivity index (χ1) is 8.69. The predicted molar refractivity (Wildman–Crippen MR) is 70.2 cm³/mol. The van der Waals surface area contributed by atoms with Crippen LogP contribution in [0.1, 0.15) is 19.5 Å². The van der Waals surface area contributed by atoms with Crippen LogP contribution < -0.4 is 4.74 Å². The lowest BCUT2D eigenvalue weighted by Crippen LogP contribution is -2.05. The largest absolute Gasteiger partial charge is 0.491 e. The first-order valence-corrected chi connectivity index (χ1v) is 5.83. The van der Waals surface area contributed by atoms with Crippen molar-refractivity contribution in [2.45, 2.75) is 20.0 Å². The maximum Gasteiger partial charge on any atom is 0.141 e. The molecular weight excluding hydrogens is 224 g/mol. The second-order valence-corrected chi connectivity index (χ2v) is 4.21. The van der Waals surface area contributed by atoms with Crippen LogP contribution in [0.15, 0.2) is 42.5 Å². The number of ether oxygens (including phenoxy) is 1. The van der Waals surface area contributed by atoms with Crippen LogP contribution in [-0.4, -0.2) is 11.1 Å². The highest BCUT2D eigenvalue weighted by atomic mass is 16.5. The molecule has 2 rings (SSSR count). The van der Waals surface area contributed by atoms with Crippen molar-refractivity contribution in [1.82, 2.24) is 4.98 Å². The molecule has 90 valence electrons. The van der Waals surface area contributed by atoms with Crippen molar-refractivity contribution in [3.8, 4) is 23.1 Å². The fourth-order valence-electron chi connectivity index (χ4n) is 1.63. The number of benzene rings is 1. The minimum atomic E-state index is 0.163. The molecule has 0 saturated heterocycles. The lowest BCUT2D eigenvalue weighted by Gasteiger charge is -2.09. The summed E-state index contributed by atoms with van der Waals surface area (Å²) in [5.41, 5.74) is 2.20. The summed E-state index contributed by atoms with van der Waals surface area (Å²) in [5.74, 6) is 0.838. The van der Waals surface area contributed by atoms with Gasteiger partial charge in [0.15, 0.2) is 0 Å². The molecule has 0 fully saturated rings. The summed E-state index contributed by atoms with van der Waals surface area (Å²) in [6, 6.07) is 15.2. The van der Waals surface area contributed by atoms with Gasteiger partial charge in [-0.15, -0.1) is 0 Å². The topological polar surface area (TPSA) is 45.9 Å². The summed E-state index contributed by atoms with van der Waals surface area (Å²) >= 11 is 0. The Balaban J connectivity index is 2.26. The van der Waals surface area contributed by atoms with Crippen molar-refractivity contribution < 1.29 is 4.74 Å². The zero-order valence-electron chi connectivity index (χ0n) is 10.4. The SMILES string of the molecule is CC(C)Oc1ccc(-c2cccc(C#N)n2)cc1. The molecule has 18 heavy (non-hydrogen) atoms. The van der Waals surface area contributed by atoms with E-state index in [1.54, 1.807) is 6.07 Å². The highest BCUT2D eigenvalue weighted by molar-refractivity contribution is 5.60. The van der Waals surface area contributed by atoms with Crippen molar-refractivity contribution in [3.05, 3.63) is 48.2 Å². The van der Waals surface area contributed by atoms with Crippen molar-refractivity contribution in [1.29, 1.82) is 5.26 Å². The minimum Gasteiger partial charge on any atom is -0.491 e. The maximum absolute atomic E-state index is 8.82. The van der Waals surface area contributed by atoms with Gasteiger partial charge in [0, 0.05) is 5.56 Å². The molecule has 0 aliphatic carbocycles. The van der Waals surface area contributed by atoms with Crippen LogP contribution in [0, 0.1) is 11.3 Å². The highest BCUT2D eigenvalue weighted by Gasteiger charge is 2.02. The number of hydrogen-bond donors (Lipinski definition) is 0. The predicted octanol–water partition coefficient (Wildman–Crippen LogP) is 3.41. The first-order valence-electron chi connectivity index (χ1n) is 5.83. The van der Waals surface area contributed by atoms with Gasteiger partial charge in [0.05, 0.1) is 11.8 Å². The smallest absolute Gasteiger partial charge is 0.141 e. The second-order valence-electron chi connectivity index (χ2n) is 4.21. The van der Waals surface area contributed by atoms with Gasteiger partial charge in [-0.2, -0.15) is 5.26 Å². The third-order valence-electron chi connectivity index (χ3n) is 2.39. The van der Waals surface area contributed by atoms with Crippen LogP contribution in [0.4, 0.5) is 0 Å². The molecule has 0 bridgehead atoms. The lowest BCUT2D eigenvalue weighted by atomic mass is 10.1. The summed E-state index contributed by atoms with van der Waals surface area (Å²) in [6.45, 7) is 3.98. The molecule has 0 atom stereocenters. The van der Waals surface area contributed by atoms with Gasteiger partial charge in [0.1, 0.15) is 17.5 Å². The summed E-state index contributed by atoms with van der Waals surface area (Å²) in [6.07, 6.45) is 0.163. The monoisotopic (exact) mass is 238 g/mol. The molecule has 0 radical (unpaired) electrons. The molecule has 0 unspecified atom stereocenters. The molecule has 0 spiro atoms. The molecular formula is C15H14N2O. The van der Waals surface area contributed by atoms with Crippen molar-refractivity contribution in [2.75, 3.05) is 0 Å². The molecule has 0 aliphatic heterocycles. The molecule has 1 aromatic heterocycles. The zero-order valence-corrected chi connectivity index (χ0v) is 10.4. The quantitative estimate of drug-likeness (QED) is 0.823. The van der Waals surface area contributed by atoms with Gasteiger partial charge in [-0.25, -0.2) is 4.98 Å². The highest BCUT2D eigenvalue weighted by Crippen LogP contribution is 2.21. The van der Waals surface area contributed by atoms with E-state index in [9.17, 15) is 0 Å². The van der Waals surface area contributed by atoms with E-state index in [4.69, 9.17) is 10.00 Å². The van der Waals surface area contributed by atoms with E-state index in [1.165, 1.54) is 0 Å². The molecule has 0 amide bonds. The Kier molecular flexibility index (Phi) is 3.59. The first kappa shape index (κ1) is 12.1. The Labute approximate surface area is 107 Å². The molecule has 3 heteroatoms. The molecule has 1 aromatic carbocycles. The second kappa shape index (κ2) is 5.33. The van der Waals surface area contributed by atoms with Gasteiger partial charge >= 0.3 is 0 Å². The third kappa shape index (κ3) is 2.86. The maximum atomic E-state index is 8.82. The Hall–Kier alpha value is -2.34. The van der Waals surface area contributed by atoms with Gasteiger partial charge in [0.25, 0.3) is 0 Å². The van der Waals surface area contributed by atoms with Gasteiger partial charge in [-0.3, -0.25) is 0 Å². The number of nitrogens with zero attached hydrogens (tertiary/aromatic N) is 2. The van der Waals surface area contributed by atoms with Crippen molar-refractivity contribution >= 4 is 0 Å². The fraction of sp³-hybridized carbons (Fsp3) is 0.200. The molecule has 0 aliphatic rings. The van der Waals surface area contributed by atoms with Crippen LogP contribution in [0.3, 0.4) is 0 Å². The lowest BCUT2D eigenvalue weighted by molar-refractivity contribution is 0.242. The normalized spacial score (nSPS) is 10.1. The Morgan fingerprint density at radius 3 is 2.44 bits per heavy atom. The Morgan fingerprint density at radius 1 is 1.11 bits per heavy atom. The van der Waals surface area contributed by atoms with E-state index in [1.807, 2.05) is 56.3 Å². The van der Waals surface area contributed by atoms with E-state index >= 15 is 0 Å². The summed E-state index contributed by atoms with van der Waals surface area (Å²) in [7, 11) is 0.